The predicted octanol–water partition coefficient (Wildman–Crippen LogP) is 4.17. The summed E-state index contributed by atoms with van der Waals surface area (Å²) in [5.41, 5.74) is 4.21. The number of benzene rings is 3. The van der Waals surface area contributed by atoms with Gasteiger partial charge in [-0.2, -0.15) is 0 Å². The monoisotopic (exact) mass is 372 g/mol. The maximum atomic E-state index is 12.5. The molecule has 1 N–H and O–H groups in total. The molecule has 0 spiro atoms. The highest BCUT2D eigenvalue weighted by Gasteiger charge is 2.27. The van der Waals surface area contributed by atoms with Crippen molar-refractivity contribution in [2.75, 3.05) is 16.8 Å². The Morgan fingerprint density at radius 2 is 1.71 bits per heavy atom. The standard InChI is InChI=1S/C23H20N2O3/c1-16-6-2-5-9-21(16)28-15-22(26)24-18-10-12-19(13-11-18)25-14-17-7-3-4-8-20(17)23(25)27/h2-13H,14-15H2,1H3,(H,24,26). The number of anilines is 2. The van der Waals surface area contributed by atoms with E-state index in [1.165, 1.54) is 0 Å². The van der Waals surface area contributed by atoms with Crippen molar-refractivity contribution in [3.05, 3.63) is 89.5 Å². The summed E-state index contributed by atoms with van der Waals surface area (Å²) in [6.45, 7) is 2.43. The second-order valence-electron chi connectivity index (χ2n) is 6.70. The lowest BCUT2D eigenvalue weighted by atomic mass is 10.1. The van der Waals surface area contributed by atoms with Crippen LogP contribution in [0.15, 0.2) is 72.8 Å². The molecule has 2 amide bonds. The fourth-order valence-electron chi connectivity index (χ4n) is 3.25. The molecule has 0 atom stereocenters. The number of carbonyl (C=O) groups is 2. The number of rotatable bonds is 5. The molecule has 3 aromatic carbocycles. The van der Waals surface area contributed by atoms with Crippen LogP contribution >= 0.6 is 0 Å². The molecule has 0 radical (unpaired) electrons. The summed E-state index contributed by atoms with van der Waals surface area (Å²) in [6.07, 6.45) is 0. The Morgan fingerprint density at radius 1 is 1.00 bits per heavy atom. The molecule has 0 fully saturated rings. The van der Waals surface area contributed by atoms with Crippen LogP contribution in [0.1, 0.15) is 21.5 Å². The van der Waals surface area contributed by atoms with Gasteiger partial charge < -0.3 is 15.0 Å². The Balaban J connectivity index is 1.37. The molecule has 0 unspecified atom stereocenters. The Bertz CT molecular complexity index is 1030. The first-order valence-electron chi connectivity index (χ1n) is 9.10. The molecule has 3 aromatic rings. The number of hydrogen-bond acceptors (Lipinski definition) is 3. The first kappa shape index (κ1) is 17.8. The largest absolute Gasteiger partial charge is 0.483 e. The van der Waals surface area contributed by atoms with Gasteiger partial charge >= 0.3 is 0 Å². The van der Waals surface area contributed by atoms with E-state index in [-0.39, 0.29) is 18.4 Å². The number of nitrogens with one attached hydrogen (secondary N) is 1. The van der Waals surface area contributed by atoms with Gasteiger partial charge in [0.15, 0.2) is 6.61 Å². The lowest BCUT2D eigenvalue weighted by molar-refractivity contribution is -0.118. The van der Waals surface area contributed by atoms with E-state index in [1.807, 2.05) is 67.6 Å². The van der Waals surface area contributed by atoms with E-state index in [1.54, 1.807) is 17.0 Å². The molecular weight excluding hydrogens is 352 g/mol. The second kappa shape index (κ2) is 7.56. The van der Waals surface area contributed by atoms with E-state index in [9.17, 15) is 9.59 Å². The van der Waals surface area contributed by atoms with Gasteiger partial charge in [-0.3, -0.25) is 9.59 Å². The zero-order valence-electron chi connectivity index (χ0n) is 15.5. The summed E-state index contributed by atoms with van der Waals surface area (Å²) >= 11 is 0. The summed E-state index contributed by atoms with van der Waals surface area (Å²) in [5.74, 6) is 0.458. The fourth-order valence-corrected chi connectivity index (χ4v) is 3.25. The van der Waals surface area contributed by atoms with Gasteiger partial charge in [0.1, 0.15) is 5.75 Å². The van der Waals surface area contributed by atoms with Crippen molar-refractivity contribution in [3.63, 3.8) is 0 Å². The maximum absolute atomic E-state index is 12.5. The second-order valence-corrected chi connectivity index (χ2v) is 6.70. The summed E-state index contributed by atoms with van der Waals surface area (Å²) in [4.78, 5) is 26.4. The van der Waals surface area contributed by atoms with Gasteiger partial charge in [-0.15, -0.1) is 0 Å². The first-order valence-corrected chi connectivity index (χ1v) is 9.10. The van der Waals surface area contributed by atoms with Crippen molar-refractivity contribution < 1.29 is 14.3 Å². The quantitative estimate of drug-likeness (QED) is 0.731. The molecule has 0 bridgehead atoms. The highest BCUT2D eigenvalue weighted by Crippen LogP contribution is 2.28. The van der Waals surface area contributed by atoms with Crippen LogP contribution in [0.5, 0.6) is 5.75 Å². The minimum Gasteiger partial charge on any atom is -0.483 e. The molecular formula is C23H20N2O3. The molecule has 4 rings (SSSR count). The topological polar surface area (TPSA) is 58.6 Å². The third-order valence-electron chi connectivity index (χ3n) is 4.74. The summed E-state index contributed by atoms with van der Waals surface area (Å²) in [7, 11) is 0. The lowest BCUT2D eigenvalue weighted by Gasteiger charge is -2.16. The highest BCUT2D eigenvalue weighted by molar-refractivity contribution is 6.10. The van der Waals surface area contributed by atoms with E-state index in [0.29, 0.717) is 18.0 Å². The number of hydrogen-bond donors (Lipinski definition) is 1. The van der Waals surface area contributed by atoms with Gasteiger partial charge in [0, 0.05) is 16.9 Å². The van der Waals surface area contributed by atoms with Crippen LogP contribution in [0.3, 0.4) is 0 Å². The molecule has 1 aliphatic rings. The average molecular weight is 372 g/mol. The van der Waals surface area contributed by atoms with Crippen LogP contribution in [0.2, 0.25) is 0 Å². The molecule has 5 heteroatoms. The smallest absolute Gasteiger partial charge is 0.262 e. The predicted molar refractivity (Wildman–Crippen MR) is 109 cm³/mol. The maximum Gasteiger partial charge on any atom is 0.262 e. The average Bonchev–Trinajstić information content (AvgIpc) is 3.05. The van der Waals surface area contributed by atoms with Gasteiger partial charge in [-0.1, -0.05) is 36.4 Å². The lowest BCUT2D eigenvalue weighted by Crippen LogP contribution is -2.23. The van der Waals surface area contributed by atoms with Crippen LogP contribution in [0.4, 0.5) is 11.4 Å². The van der Waals surface area contributed by atoms with Crippen molar-refractivity contribution >= 4 is 23.2 Å². The summed E-state index contributed by atoms with van der Waals surface area (Å²) in [6, 6.07) is 22.4. The van der Waals surface area contributed by atoms with Crippen LogP contribution < -0.4 is 15.0 Å². The third-order valence-corrected chi connectivity index (χ3v) is 4.74. The molecule has 28 heavy (non-hydrogen) atoms. The molecule has 0 saturated heterocycles. The summed E-state index contributed by atoms with van der Waals surface area (Å²) < 4.78 is 5.56. The number of aryl methyl sites for hydroxylation is 1. The Labute approximate surface area is 163 Å². The van der Waals surface area contributed by atoms with Gasteiger partial charge in [0.2, 0.25) is 0 Å². The number of para-hydroxylation sites is 1. The van der Waals surface area contributed by atoms with Crippen molar-refractivity contribution in [2.45, 2.75) is 13.5 Å². The Morgan fingerprint density at radius 3 is 2.46 bits per heavy atom. The van der Waals surface area contributed by atoms with Crippen molar-refractivity contribution in [1.82, 2.24) is 0 Å². The van der Waals surface area contributed by atoms with Gasteiger partial charge in [0.25, 0.3) is 11.8 Å². The molecule has 140 valence electrons. The fraction of sp³-hybridized carbons (Fsp3) is 0.130. The van der Waals surface area contributed by atoms with E-state index in [4.69, 9.17) is 4.74 Å². The molecule has 0 aliphatic carbocycles. The number of nitrogens with zero attached hydrogens (tertiary/aromatic N) is 1. The minimum absolute atomic E-state index is 0.000911. The minimum atomic E-state index is -0.236. The third kappa shape index (κ3) is 3.60. The van der Waals surface area contributed by atoms with Crippen LogP contribution in [0.25, 0.3) is 0 Å². The normalized spacial score (nSPS) is 12.6. The van der Waals surface area contributed by atoms with Crippen LogP contribution in [0, 0.1) is 6.92 Å². The summed E-state index contributed by atoms with van der Waals surface area (Å²) in [5, 5.41) is 2.81. The molecule has 5 nitrogen and oxygen atoms in total. The number of amides is 2. The van der Waals surface area contributed by atoms with Gasteiger partial charge in [-0.05, 0) is 54.4 Å². The SMILES string of the molecule is Cc1ccccc1OCC(=O)Nc1ccc(N2Cc3ccccc3C2=O)cc1. The number of carbonyl (C=O) groups excluding carboxylic acids is 2. The zero-order chi connectivity index (χ0) is 19.5. The van der Waals surface area contributed by atoms with Crippen molar-refractivity contribution in [2.24, 2.45) is 0 Å². The number of fused-ring (bicyclic) bond motifs is 1. The Hall–Kier alpha value is -3.60. The molecule has 0 saturated carbocycles. The van der Waals surface area contributed by atoms with Gasteiger partial charge in [-0.25, -0.2) is 0 Å². The van der Waals surface area contributed by atoms with E-state index >= 15 is 0 Å². The van der Waals surface area contributed by atoms with E-state index in [0.717, 1.165) is 22.4 Å². The van der Waals surface area contributed by atoms with E-state index in [2.05, 4.69) is 5.32 Å². The van der Waals surface area contributed by atoms with E-state index < -0.39 is 0 Å². The highest BCUT2D eigenvalue weighted by atomic mass is 16.5. The number of ether oxygens (including phenoxy) is 1. The van der Waals surface area contributed by atoms with Crippen molar-refractivity contribution in [3.8, 4) is 5.75 Å². The van der Waals surface area contributed by atoms with Gasteiger partial charge in [0.05, 0.1) is 6.54 Å². The van der Waals surface area contributed by atoms with Crippen molar-refractivity contribution in [1.29, 1.82) is 0 Å². The Kier molecular flexibility index (Phi) is 4.81. The first-order chi connectivity index (χ1) is 13.6. The molecule has 0 aromatic heterocycles. The van der Waals surface area contributed by atoms with Crippen LogP contribution in [-0.4, -0.2) is 18.4 Å². The molecule has 1 aliphatic heterocycles. The van der Waals surface area contributed by atoms with Crippen LogP contribution in [-0.2, 0) is 11.3 Å². The zero-order valence-corrected chi connectivity index (χ0v) is 15.5. The molecule has 1 heterocycles.